The van der Waals surface area contributed by atoms with Gasteiger partial charge in [-0.1, -0.05) is 37.6 Å². The van der Waals surface area contributed by atoms with Crippen LogP contribution in [0.15, 0.2) is 24.3 Å². The highest BCUT2D eigenvalue weighted by atomic mass is 35.5. The number of nitrogens with one attached hydrogen (secondary N) is 3. The van der Waals surface area contributed by atoms with Crippen LogP contribution < -0.4 is 16.0 Å². The monoisotopic (exact) mass is 355 g/mol. The third-order valence-corrected chi connectivity index (χ3v) is 3.77. The van der Waals surface area contributed by atoms with Crippen molar-refractivity contribution in [2.75, 3.05) is 33.4 Å². The molecule has 0 fully saturated rings. The highest BCUT2D eigenvalue weighted by Crippen LogP contribution is 2.15. The van der Waals surface area contributed by atoms with Gasteiger partial charge in [0.15, 0.2) is 0 Å². The molecule has 0 aliphatic heterocycles. The van der Waals surface area contributed by atoms with E-state index in [-0.39, 0.29) is 17.7 Å². The Morgan fingerprint density at radius 3 is 2.50 bits per heavy atom. The Hall–Kier alpha value is -1.63. The molecule has 0 aromatic heterocycles. The van der Waals surface area contributed by atoms with E-state index in [1.165, 1.54) is 0 Å². The summed E-state index contributed by atoms with van der Waals surface area (Å²) in [5, 5.41) is 9.08. The minimum Gasteiger partial charge on any atom is -0.383 e. The fraction of sp³-hybridized carbons (Fsp3) is 0.529. The first-order chi connectivity index (χ1) is 11.5. The fourth-order valence-corrected chi connectivity index (χ4v) is 2.30. The van der Waals surface area contributed by atoms with Gasteiger partial charge in [0.2, 0.25) is 5.91 Å². The normalized spacial score (nSPS) is 12.0. The quantitative estimate of drug-likeness (QED) is 0.555. The molecule has 3 N–H and O–H groups in total. The summed E-state index contributed by atoms with van der Waals surface area (Å²) < 4.78 is 4.93. The molecule has 0 aliphatic rings. The van der Waals surface area contributed by atoms with Gasteiger partial charge in [0.1, 0.15) is 6.04 Å². The number of ether oxygens (including phenoxy) is 1. The van der Waals surface area contributed by atoms with Crippen LogP contribution in [0.3, 0.4) is 0 Å². The average Bonchev–Trinajstić information content (AvgIpc) is 2.55. The van der Waals surface area contributed by atoms with E-state index in [0.717, 1.165) is 6.54 Å². The van der Waals surface area contributed by atoms with E-state index in [0.29, 0.717) is 30.3 Å². The smallest absolute Gasteiger partial charge is 0.253 e. The third-order valence-electron chi connectivity index (χ3n) is 3.44. The first-order valence-electron chi connectivity index (χ1n) is 8.00. The zero-order valence-electron chi connectivity index (χ0n) is 14.4. The molecular weight excluding hydrogens is 330 g/mol. The zero-order valence-corrected chi connectivity index (χ0v) is 15.2. The molecule has 1 aromatic carbocycles. The molecule has 1 atom stereocenters. The highest BCUT2D eigenvalue weighted by molar-refractivity contribution is 6.33. The van der Waals surface area contributed by atoms with E-state index in [2.05, 4.69) is 16.0 Å². The molecule has 2 amide bonds. The molecule has 1 unspecified atom stereocenters. The summed E-state index contributed by atoms with van der Waals surface area (Å²) in [6.45, 7) is 6.23. The maximum atomic E-state index is 12.3. The number of benzene rings is 1. The predicted octanol–water partition coefficient (Wildman–Crippen LogP) is 1.45. The number of carbonyl (C=O) groups is 2. The lowest BCUT2D eigenvalue weighted by Gasteiger charge is -2.22. The summed E-state index contributed by atoms with van der Waals surface area (Å²) in [7, 11) is 1.64. The first-order valence-corrected chi connectivity index (χ1v) is 8.38. The number of hydrogen-bond donors (Lipinski definition) is 3. The first kappa shape index (κ1) is 20.4. The van der Waals surface area contributed by atoms with Gasteiger partial charge < -0.3 is 20.7 Å². The van der Waals surface area contributed by atoms with Gasteiger partial charge in [-0.3, -0.25) is 9.59 Å². The molecule has 1 rings (SSSR count). The standard InChI is InChI=1S/C17H26ClN3O3/c1-12(2)15(17(23)20-9-8-19-10-11-24-3)21-16(22)13-6-4-5-7-14(13)18/h4-7,12,15,19H,8-11H2,1-3H3,(H,20,23)(H,21,22). The van der Waals surface area contributed by atoms with Gasteiger partial charge in [0.05, 0.1) is 17.2 Å². The van der Waals surface area contributed by atoms with Crippen molar-refractivity contribution in [3.05, 3.63) is 34.9 Å². The molecular formula is C17H26ClN3O3. The van der Waals surface area contributed by atoms with Crippen LogP contribution in [0.2, 0.25) is 5.02 Å². The van der Waals surface area contributed by atoms with Crippen molar-refractivity contribution < 1.29 is 14.3 Å². The summed E-state index contributed by atoms with van der Waals surface area (Å²) in [6, 6.07) is 6.14. The van der Waals surface area contributed by atoms with E-state index in [1.54, 1.807) is 31.4 Å². The van der Waals surface area contributed by atoms with E-state index < -0.39 is 6.04 Å². The molecule has 0 aliphatic carbocycles. The Morgan fingerprint density at radius 2 is 1.88 bits per heavy atom. The Labute approximate surface area is 148 Å². The fourth-order valence-electron chi connectivity index (χ4n) is 2.08. The molecule has 0 saturated heterocycles. The van der Waals surface area contributed by atoms with Crippen molar-refractivity contribution in [2.45, 2.75) is 19.9 Å². The van der Waals surface area contributed by atoms with Crippen molar-refractivity contribution in [2.24, 2.45) is 5.92 Å². The maximum Gasteiger partial charge on any atom is 0.253 e. The SMILES string of the molecule is COCCNCCNC(=O)C(NC(=O)c1ccccc1Cl)C(C)C. The van der Waals surface area contributed by atoms with Crippen LogP contribution in [0.25, 0.3) is 0 Å². The third kappa shape index (κ3) is 6.86. The van der Waals surface area contributed by atoms with Crippen molar-refractivity contribution in [3.8, 4) is 0 Å². The molecule has 7 heteroatoms. The van der Waals surface area contributed by atoms with E-state index >= 15 is 0 Å². The van der Waals surface area contributed by atoms with Crippen molar-refractivity contribution >= 4 is 23.4 Å². The topological polar surface area (TPSA) is 79.5 Å². The van der Waals surface area contributed by atoms with Gasteiger partial charge in [-0.15, -0.1) is 0 Å². The molecule has 24 heavy (non-hydrogen) atoms. The van der Waals surface area contributed by atoms with Crippen LogP contribution >= 0.6 is 11.6 Å². The number of halogens is 1. The summed E-state index contributed by atoms with van der Waals surface area (Å²) >= 11 is 6.03. The molecule has 0 heterocycles. The Bertz CT molecular complexity index is 538. The molecule has 0 bridgehead atoms. The van der Waals surface area contributed by atoms with Crippen molar-refractivity contribution in [1.29, 1.82) is 0 Å². The molecule has 6 nitrogen and oxygen atoms in total. The maximum absolute atomic E-state index is 12.3. The van der Waals surface area contributed by atoms with Crippen LogP contribution in [0.1, 0.15) is 24.2 Å². The summed E-state index contributed by atoms with van der Waals surface area (Å²) in [4.78, 5) is 24.6. The number of amides is 2. The van der Waals surface area contributed by atoms with Gasteiger partial charge in [-0.05, 0) is 18.1 Å². The van der Waals surface area contributed by atoms with Crippen LogP contribution in [-0.4, -0.2) is 51.2 Å². The minimum atomic E-state index is -0.618. The lowest BCUT2D eigenvalue weighted by molar-refractivity contribution is -0.123. The zero-order chi connectivity index (χ0) is 17.9. The summed E-state index contributed by atoms with van der Waals surface area (Å²) in [6.07, 6.45) is 0. The van der Waals surface area contributed by atoms with Gasteiger partial charge >= 0.3 is 0 Å². The van der Waals surface area contributed by atoms with Gasteiger partial charge in [-0.2, -0.15) is 0 Å². The largest absolute Gasteiger partial charge is 0.383 e. The van der Waals surface area contributed by atoms with Gasteiger partial charge in [-0.25, -0.2) is 0 Å². The second-order valence-electron chi connectivity index (χ2n) is 5.71. The number of hydrogen-bond acceptors (Lipinski definition) is 4. The second kappa shape index (κ2) is 11.0. The van der Waals surface area contributed by atoms with Crippen LogP contribution in [0.4, 0.5) is 0 Å². The van der Waals surface area contributed by atoms with E-state index in [1.807, 2.05) is 13.8 Å². The van der Waals surface area contributed by atoms with E-state index in [9.17, 15) is 9.59 Å². The van der Waals surface area contributed by atoms with Crippen LogP contribution in [-0.2, 0) is 9.53 Å². The summed E-state index contributed by atoms with van der Waals surface area (Å²) in [5.74, 6) is -0.607. The van der Waals surface area contributed by atoms with Crippen molar-refractivity contribution in [3.63, 3.8) is 0 Å². The molecule has 0 spiro atoms. The predicted molar refractivity (Wildman–Crippen MR) is 95.3 cm³/mol. The molecule has 1 aromatic rings. The van der Waals surface area contributed by atoms with Crippen molar-refractivity contribution in [1.82, 2.24) is 16.0 Å². The van der Waals surface area contributed by atoms with Gasteiger partial charge in [0, 0.05) is 26.7 Å². The number of methoxy groups -OCH3 is 1. The Kier molecular flexibility index (Phi) is 9.37. The number of rotatable bonds is 10. The summed E-state index contributed by atoms with van der Waals surface area (Å²) in [5.41, 5.74) is 0.360. The number of carbonyl (C=O) groups excluding carboxylic acids is 2. The lowest BCUT2D eigenvalue weighted by atomic mass is 10.0. The van der Waals surface area contributed by atoms with Crippen LogP contribution in [0.5, 0.6) is 0 Å². The molecule has 0 radical (unpaired) electrons. The molecule has 0 saturated carbocycles. The Morgan fingerprint density at radius 1 is 1.17 bits per heavy atom. The van der Waals surface area contributed by atoms with E-state index in [4.69, 9.17) is 16.3 Å². The minimum absolute atomic E-state index is 0.0436. The van der Waals surface area contributed by atoms with Gasteiger partial charge in [0.25, 0.3) is 5.91 Å². The lowest BCUT2D eigenvalue weighted by Crippen LogP contribution is -2.50. The Balaban J connectivity index is 2.52. The average molecular weight is 356 g/mol. The second-order valence-corrected chi connectivity index (χ2v) is 6.12. The molecule has 134 valence electrons. The van der Waals surface area contributed by atoms with Crippen LogP contribution in [0, 0.1) is 5.92 Å². The highest BCUT2D eigenvalue weighted by Gasteiger charge is 2.24.